The Morgan fingerprint density at radius 3 is 2.83 bits per heavy atom. The molecule has 0 N–H and O–H groups in total. The monoisotopic (exact) mass is 381 g/mol. The number of nitrogens with zero attached hydrogens (tertiary/aromatic N) is 5. The van der Waals surface area contributed by atoms with Crippen molar-refractivity contribution in [2.24, 2.45) is 13.0 Å². The third-order valence-electron chi connectivity index (χ3n) is 5.54. The summed E-state index contributed by atoms with van der Waals surface area (Å²) in [6.07, 6.45) is 4.28. The van der Waals surface area contributed by atoms with Crippen LogP contribution < -0.4 is 10.6 Å². The second-order valence-corrected chi connectivity index (χ2v) is 7.56. The first-order chi connectivity index (χ1) is 14.2. The van der Waals surface area contributed by atoms with E-state index in [-0.39, 0.29) is 5.69 Å². The molecule has 5 rings (SSSR count). The van der Waals surface area contributed by atoms with Crippen molar-refractivity contribution in [2.75, 3.05) is 11.4 Å². The van der Waals surface area contributed by atoms with Crippen molar-refractivity contribution in [1.29, 1.82) is 5.26 Å². The average Bonchev–Trinajstić information content (AvgIpc) is 3.58. The Morgan fingerprint density at radius 2 is 2.03 bits per heavy atom. The van der Waals surface area contributed by atoms with Crippen molar-refractivity contribution < 1.29 is 0 Å². The second-order valence-electron chi connectivity index (χ2n) is 7.56. The maximum absolute atomic E-state index is 12.5. The molecule has 142 valence electrons. The van der Waals surface area contributed by atoms with Crippen LogP contribution in [-0.4, -0.2) is 21.1 Å². The molecule has 0 unspecified atom stereocenters. The number of pyridine rings is 1. The van der Waals surface area contributed by atoms with Crippen LogP contribution in [0.3, 0.4) is 0 Å². The van der Waals surface area contributed by atoms with E-state index < -0.39 is 0 Å². The zero-order valence-electron chi connectivity index (χ0n) is 16.1. The first kappa shape index (κ1) is 17.5. The van der Waals surface area contributed by atoms with Gasteiger partial charge in [0, 0.05) is 30.8 Å². The van der Waals surface area contributed by atoms with Crippen LogP contribution in [0.15, 0.2) is 35.1 Å². The Balaban J connectivity index is 1.71. The minimum Gasteiger partial charge on any atom is -0.324 e. The quantitative estimate of drug-likeness (QED) is 0.606. The first-order valence-corrected chi connectivity index (χ1v) is 9.84. The van der Waals surface area contributed by atoms with E-state index in [0.29, 0.717) is 28.5 Å². The standard InChI is InChI=1S/C23H19N5O/c1-27-20-12-11-17(14-24)25-21(20)22(26-23(27)29)28-13-3-5-18-16(4-2-6-19(18)28)10-9-15-7-8-15/h2,4,6,11-12,15H,3,5,7-8,13H2,1H3. The van der Waals surface area contributed by atoms with Crippen molar-refractivity contribution in [3.05, 3.63) is 57.6 Å². The predicted octanol–water partition coefficient (Wildman–Crippen LogP) is 3.05. The largest absolute Gasteiger partial charge is 0.349 e. The van der Waals surface area contributed by atoms with Gasteiger partial charge in [0.15, 0.2) is 5.82 Å². The summed E-state index contributed by atoms with van der Waals surface area (Å²) in [6.45, 7) is 0.736. The smallest absolute Gasteiger partial charge is 0.324 e. The highest BCUT2D eigenvalue weighted by Crippen LogP contribution is 2.36. The van der Waals surface area contributed by atoms with Crippen LogP contribution in [0.1, 0.15) is 36.1 Å². The van der Waals surface area contributed by atoms with Gasteiger partial charge in [-0.2, -0.15) is 10.2 Å². The van der Waals surface area contributed by atoms with E-state index in [0.717, 1.165) is 30.6 Å². The SMILES string of the molecule is Cn1c(=O)nc(N2CCCc3c(C#CC4CC4)cccc32)c2nc(C#N)ccc21. The highest BCUT2D eigenvalue weighted by molar-refractivity contribution is 5.89. The molecule has 2 aromatic heterocycles. The molecule has 1 aromatic carbocycles. The van der Waals surface area contributed by atoms with Crippen molar-refractivity contribution in [2.45, 2.75) is 25.7 Å². The van der Waals surface area contributed by atoms with Crippen LogP contribution in [0.2, 0.25) is 0 Å². The average molecular weight is 381 g/mol. The molecule has 0 bridgehead atoms. The summed E-state index contributed by atoms with van der Waals surface area (Å²) in [5.41, 5.74) is 4.46. The summed E-state index contributed by atoms with van der Waals surface area (Å²) in [6, 6.07) is 11.6. The molecule has 2 aliphatic rings. The van der Waals surface area contributed by atoms with E-state index in [2.05, 4.69) is 44.9 Å². The van der Waals surface area contributed by atoms with Crippen LogP contribution in [0.25, 0.3) is 11.0 Å². The van der Waals surface area contributed by atoms with E-state index in [1.165, 1.54) is 23.0 Å². The molecule has 6 heteroatoms. The zero-order chi connectivity index (χ0) is 20.0. The number of anilines is 2. The van der Waals surface area contributed by atoms with Crippen molar-refractivity contribution in [1.82, 2.24) is 14.5 Å². The lowest BCUT2D eigenvalue weighted by molar-refractivity contribution is 0.750. The van der Waals surface area contributed by atoms with Gasteiger partial charge in [0.1, 0.15) is 17.3 Å². The molecule has 0 saturated heterocycles. The Bertz CT molecular complexity index is 1300. The summed E-state index contributed by atoms with van der Waals surface area (Å²) in [5, 5.41) is 9.30. The second kappa shape index (κ2) is 6.76. The van der Waals surface area contributed by atoms with Crippen LogP contribution in [0.4, 0.5) is 11.5 Å². The summed E-state index contributed by atoms with van der Waals surface area (Å²) in [5.74, 6) is 7.77. The summed E-state index contributed by atoms with van der Waals surface area (Å²) < 4.78 is 1.47. The molecule has 1 aliphatic carbocycles. The van der Waals surface area contributed by atoms with Gasteiger partial charge in [-0.05, 0) is 55.5 Å². The van der Waals surface area contributed by atoms with Crippen molar-refractivity contribution in [3.8, 4) is 17.9 Å². The Kier molecular flexibility index (Phi) is 4.07. The highest BCUT2D eigenvalue weighted by Gasteiger charge is 2.25. The minimum absolute atomic E-state index is 0.306. The fraction of sp³-hybridized carbons (Fsp3) is 0.304. The van der Waals surface area contributed by atoms with Gasteiger partial charge in [0.25, 0.3) is 0 Å². The van der Waals surface area contributed by atoms with Crippen LogP contribution in [0.5, 0.6) is 0 Å². The maximum Gasteiger partial charge on any atom is 0.349 e. The van der Waals surface area contributed by atoms with E-state index >= 15 is 0 Å². The molecular formula is C23H19N5O. The zero-order valence-corrected chi connectivity index (χ0v) is 16.1. The summed E-state index contributed by atoms with van der Waals surface area (Å²) in [7, 11) is 1.67. The number of fused-ring (bicyclic) bond motifs is 2. The highest BCUT2D eigenvalue weighted by atomic mass is 16.1. The third-order valence-corrected chi connectivity index (χ3v) is 5.54. The number of rotatable bonds is 1. The number of nitriles is 1. The van der Waals surface area contributed by atoms with Gasteiger partial charge in [-0.25, -0.2) is 9.78 Å². The maximum atomic E-state index is 12.5. The molecule has 0 atom stereocenters. The number of aromatic nitrogens is 3. The fourth-order valence-corrected chi connectivity index (χ4v) is 3.83. The fourth-order valence-electron chi connectivity index (χ4n) is 3.83. The molecule has 1 aliphatic heterocycles. The van der Waals surface area contributed by atoms with Gasteiger partial charge in [-0.1, -0.05) is 17.9 Å². The topological polar surface area (TPSA) is 74.8 Å². The lowest BCUT2D eigenvalue weighted by Gasteiger charge is -2.31. The summed E-state index contributed by atoms with van der Waals surface area (Å²) in [4.78, 5) is 23.4. The van der Waals surface area contributed by atoms with Gasteiger partial charge < -0.3 is 4.90 Å². The molecule has 6 nitrogen and oxygen atoms in total. The van der Waals surface area contributed by atoms with E-state index in [1.54, 1.807) is 19.2 Å². The first-order valence-electron chi connectivity index (χ1n) is 9.84. The summed E-state index contributed by atoms with van der Waals surface area (Å²) >= 11 is 0. The molecule has 3 aromatic rings. The van der Waals surface area contributed by atoms with E-state index in [1.807, 2.05) is 6.07 Å². The number of hydrogen-bond donors (Lipinski definition) is 0. The van der Waals surface area contributed by atoms with Gasteiger partial charge in [0.2, 0.25) is 0 Å². The Morgan fingerprint density at radius 1 is 1.17 bits per heavy atom. The molecule has 0 spiro atoms. The number of hydrogen-bond acceptors (Lipinski definition) is 5. The predicted molar refractivity (Wildman–Crippen MR) is 111 cm³/mol. The van der Waals surface area contributed by atoms with Crippen LogP contribution in [-0.2, 0) is 13.5 Å². The molecule has 0 amide bonds. The molecule has 3 heterocycles. The normalized spacial score (nSPS) is 15.4. The Hall–Kier alpha value is -3.64. The van der Waals surface area contributed by atoms with Crippen LogP contribution >= 0.6 is 0 Å². The molecular weight excluding hydrogens is 362 g/mol. The van der Waals surface area contributed by atoms with Crippen LogP contribution in [0, 0.1) is 29.1 Å². The van der Waals surface area contributed by atoms with E-state index in [4.69, 9.17) is 0 Å². The van der Waals surface area contributed by atoms with Crippen molar-refractivity contribution >= 4 is 22.5 Å². The lowest BCUT2D eigenvalue weighted by atomic mass is 9.96. The molecule has 1 saturated carbocycles. The molecule has 1 fully saturated rings. The molecule has 0 radical (unpaired) electrons. The lowest BCUT2D eigenvalue weighted by Crippen LogP contribution is -2.30. The van der Waals surface area contributed by atoms with E-state index in [9.17, 15) is 10.1 Å². The third kappa shape index (κ3) is 3.03. The molecule has 29 heavy (non-hydrogen) atoms. The minimum atomic E-state index is -0.337. The van der Waals surface area contributed by atoms with Gasteiger partial charge >= 0.3 is 5.69 Å². The number of aryl methyl sites for hydroxylation is 1. The number of benzene rings is 1. The van der Waals surface area contributed by atoms with Gasteiger partial charge in [-0.15, -0.1) is 0 Å². The van der Waals surface area contributed by atoms with Gasteiger partial charge in [-0.3, -0.25) is 4.57 Å². The van der Waals surface area contributed by atoms with Crippen molar-refractivity contribution in [3.63, 3.8) is 0 Å². The Labute approximate surface area is 168 Å². The van der Waals surface area contributed by atoms with Gasteiger partial charge in [0.05, 0.1) is 5.52 Å².